The highest BCUT2D eigenvalue weighted by Gasteiger charge is 2.30. The first-order valence-corrected chi connectivity index (χ1v) is 10.5. The van der Waals surface area contributed by atoms with Gasteiger partial charge in [0.2, 0.25) is 5.91 Å². The minimum atomic E-state index is -3.59. The van der Waals surface area contributed by atoms with Gasteiger partial charge in [-0.25, -0.2) is 8.42 Å². The molecular weight excluding hydrogens is 360 g/mol. The summed E-state index contributed by atoms with van der Waals surface area (Å²) in [5.41, 5.74) is 2.58. The molecule has 2 aromatic carbocycles. The summed E-state index contributed by atoms with van der Waals surface area (Å²) in [5, 5.41) is 2.85. The Kier molecular flexibility index (Phi) is 5.65. The molecule has 1 heterocycles. The largest absolute Gasteiger partial charge is 0.350 e. The molecular formula is C21H24N2O3S. The molecule has 1 amide bonds. The van der Waals surface area contributed by atoms with Crippen molar-refractivity contribution in [2.24, 2.45) is 0 Å². The van der Waals surface area contributed by atoms with Crippen LogP contribution in [0.25, 0.3) is 6.08 Å². The lowest BCUT2D eigenvalue weighted by atomic mass is 10.2. The molecule has 1 N–H and O–H groups in total. The van der Waals surface area contributed by atoms with E-state index in [-0.39, 0.29) is 16.8 Å². The molecule has 1 aliphatic heterocycles. The lowest BCUT2D eigenvalue weighted by molar-refractivity contribution is -0.117. The molecule has 142 valence electrons. The molecule has 0 aliphatic carbocycles. The highest BCUT2D eigenvalue weighted by atomic mass is 32.2. The molecule has 0 bridgehead atoms. The lowest BCUT2D eigenvalue weighted by Crippen LogP contribution is -2.30. The number of rotatable bonds is 6. The predicted octanol–water partition coefficient (Wildman–Crippen LogP) is 3.37. The molecule has 1 atom stereocenters. The van der Waals surface area contributed by atoms with Gasteiger partial charge in [0.25, 0.3) is 10.0 Å². The fraction of sp³-hybridized carbons (Fsp3) is 0.286. The average molecular weight is 385 g/mol. The van der Waals surface area contributed by atoms with Gasteiger partial charge in [-0.05, 0) is 55.2 Å². The number of nitrogens with zero attached hydrogens (tertiary/aromatic N) is 1. The van der Waals surface area contributed by atoms with Gasteiger partial charge >= 0.3 is 0 Å². The molecule has 0 saturated carbocycles. The van der Waals surface area contributed by atoms with Crippen LogP contribution in [0, 0.1) is 0 Å². The Balaban J connectivity index is 1.75. The van der Waals surface area contributed by atoms with E-state index in [2.05, 4.69) is 5.32 Å². The quantitative estimate of drug-likeness (QED) is 0.777. The summed E-state index contributed by atoms with van der Waals surface area (Å²) in [6, 6.07) is 14.3. The number of para-hydroxylation sites is 1. The second-order valence-corrected chi connectivity index (χ2v) is 8.54. The molecule has 1 aliphatic rings. The first-order valence-electron chi connectivity index (χ1n) is 9.11. The summed E-state index contributed by atoms with van der Waals surface area (Å²) >= 11 is 0. The lowest BCUT2D eigenvalue weighted by Gasteiger charge is -2.19. The van der Waals surface area contributed by atoms with Gasteiger partial charge in [0.05, 0.1) is 10.6 Å². The van der Waals surface area contributed by atoms with E-state index in [0.717, 1.165) is 29.7 Å². The van der Waals surface area contributed by atoms with Gasteiger partial charge in [-0.15, -0.1) is 0 Å². The molecule has 0 spiro atoms. The van der Waals surface area contributed by atoms with Crippen molar-refractivity contribution in [2.45, 2.75) is 37.6 Å². The maximum Gasteiger partial charge on any atom is 0.264 e. The number of nitrogens with one attached hydrogen (secondary N) is 1. The smallest absolute Gasteiger partial charge is 0.264 e. The van der Waals surface area contributed by atoms with Crippen LogP contribution in [-0.4, -0.2) is 26.9 Å². The third-order valence-electron chi connectivity index (χ3n) is 4.74. The molecule has 27 heavy (non-hydrogen) atoms. The molecule has 2 aromatic rings. The van der Waals surface area contributed by atoms with E-state index in [9.17, 15) is 13.2 Å². The van der Waals surface area contributed by atoms with Crippen molar-refractivity contribution < 1.29 is 13.2 Å². The van der Waals surface area contributed by atoms with Crippen molar-refractivity contribution >= 4 is 27.7 Å². The zero-order chi connectivity index (χ0) is 19.4. The van der Waals surface area contributed by atoms with Gasteiger partial charge < -0.3 is 5.32 Å². The molecule has 0 saturated heterocycles. The number of benzene rings is 2. The summed E-state index contributed by atoms with van der Waals surface area (Å²) < 4.78 is 27.4. The van der Waals surface area contributed by atoms with Gasteiger partial charge in [-0.1, -0.05) is 37.3 Å². The number of carbonyl (C=O) groups is 1. The highest BCUT2D eigenvalue weighted by molar-refractivity contribution is 7.92. The van der Waals surface area contributed by atoms with Gasteiger partial charge in [0, 0.05) is 18.7 Å². The number of hydrogen-bond acceptors (Lipinski definition) is 3. The Morgan fingerprint density at radius 2 is 1.89 bits per heavy atom. The number of carbonyl (C=O) groups excluding carboxylic acids is 1. The maximum absolute atomic E-state index is 13.0. The summed E-state index contributed by atoms with van der Waals surface area (Å²) in [5.74, 6) is -0.158. The van der Waals surface area contributed by atoms with Crippen LogP contribution in [0.2, 0.25) is 0 Å². The van der Waals surface area contributed by atoms with Crippen LogP contribution in [-0.2, 0) is 21.2 Å². The first-order chi connectivity index (χ1) is 12.9. The van der Waals surface area contributed by atoms with Crippen LogP contribution in [0.15, 0.2) is 59.5 Å². The normalized spacial score (nSPS) is 15.0. The maximum atomic E-state index is 13.0. The molecule has 5 nitrogen and oxygen atoms in total. The molecule has 0 fully saturated rings. The van der Waals surface area contributed by atoms with E-state index in [4.69, 9.17) is 0 Å². The standard InChI is InChI=1S/C21H24N2O3S/c1-3-16(2)22-21(24)13-10-17-8-11-19(12-9-17)27(25,26)23-15-14-18-6-4-5-7-20(18)23/h4-13,16H,3,14-15H2,1-2H3,(H,22,24)/b13-10+/t16-/m1/s1. The monoisotopic (exact) mass is 384 g/mol. The Morgan fingerprint density at radius 3 is 2.59 bits per heavy atom. The Labute approximate surface area is 160 Å². The minimum absolute atomic E-state index is 0.123. The number of amides is 1. The minimum Gasteiger partial charge on any atom is -0.350 e. The van der Waals surface area contributed by atoms with Gasteiger partial charge in [0.15, 0.2) is 0 Å². The Morgan fingerprint density at radius 1 is 1.19 bits per heavy atom. The predicted molar refractivity (Wildman–Crippen MR) is 108 cm³/mol. The van der Waals surface area contributed by atoms with E-state index < -0.39 is 10.0 Å². The molecule has 0 unspecified atom stereocenters. The first kappa shape index (κ1) is 19.2. The van der Waals surface area contributed by atoms with Crippen molar-refractivity contribution in [3.63, 3.8) is 0 Å². The summed E-state index contributed by atoms with van der Waals surface area (Å²) in [4.78, 5) is 12.1. The van der Waals surface area contributed by atoms with Crippen molar-refractivity contribution in [3.05, 3.63) is 65.7 Å². The average Bonchev–Trinajstić information content (AvgIpc) is 3.11. The fourth-order valence-electron chi connectivity index (χ4n) is 3.00. The van der Waals surface area contributed by atoms with Crippen molar-refractivity contribution in [3.8, 4) is 0 Å². The van der Waals surface area contributed by atoms with Crippen molar-refractivity contribution in [1.29, 1.82) is 0 Å². The van der Waals surface area contributed by atoms with E-state index >= 15 is 0 Å². The second-order valence-electron chi connectivity index (χ2n) is 6.68. The van der Waals surface area contributed by atoms with Gasteiger partial charge in [-0.2, -0.15) is 0 Å². The zero-order valence-corrected chi connectivity index (χ0v) is 16.4. The van der Waals surface area contributed by atoms with E-state index in [1.807, 2.05) is 38.1 Å². The Hall–Kier alpha value is -2.60. The van der Waals surface area contributed by atoms with Crippen molar-refractivity contribution in [2.75, 3.05) is 10.8 Å². The van der Waals surface area contributed by atoms with Gasteiger partial charge in [0.1, 0.15) is 0 Å². The third kappa shape index (κ3) is 4.22. The van der Waals surface area contributed by atoms with Crippen LogP contribution in [0.1, 0.15) is 31.4 Å². The van der Waals surface area contributed by atoms with Crippen molar-refractivity contribution in [1.82, 2.24) is 5.32 Å². The molecule has 0 radical (unpaired) electrons. The van der Waals surface area contributed by atoms with E-state index in [1.165, 1.54) is 10.4 Å². The van der Waals surface area contributed by atoms with Crippen LogP contribution >= 0.6 is 0 Å². The van der Waals surface area contributed by atoms with E-state index in [1.54, 1.807) is 30.3 Å². The highest BCUT2D eigenvalue weighted by Crippen LogP contribution is 2.32. The third-order valence-corrected chi connectivity index (χ3v) is 6.57. The van der Waals surface area contributed by atoms with Crippen LogP contribution in [0.3, 0.4) is 0 Å². The number of anilines is 1. The number of fused-ring (bicyclic) bond motifs is 1. The van der Waals surface area contributed by atoms with Crippen LogP contribution in [0.4, 0.5) is 5.69 Å². The molecule has 6 heteroatoms. The van der Waals surface area contributed by atoms with Gasteiger partial charge in [-0.3, -0.25) is 9.10 Å². The zero-order valence-electron chi connectivity index (χ0n) is 15.6. The summed E-state index contributed by atoms with van der Waals surface area (Å²) in [6.45, 7) is 4.41. The summed E-state index contributed by atoms with van der Waals surface area (Å²) in [7, 11) is -3.59. The number of hydrogen-bond donors (Lipinski definition) is 1. The van der Waals surface area contributed by atoms with Crippen LogP contribution in [0.5, 0.6) is 0 Å². The Bertz CT molecular complexity index is 950. The second kappa shape index (κ2) is 7.96. The topological polar surface area (TPSA) is 66.5 Å². The SMILES string of the molecule is CC[C@@H](C)NC(=O)/C=C/c1ccc(S(=O)(=O)N2CCc3ccccc32)cc1. The fourth-order valence-corrected chi connectivity index (χ4v) is 4.50. The number of sulfonamides is 1. The molecule has 3 rings (SSSR count). The van der Waals surface area contributed by atoms with E-state index in [0.29, 0.717) is 6.54 Å². The summed E-state index contributed by atoms with van der Waals surface area (Å²) in [6.07, 6.45) is 4.74. The molecule has 0 aromatic heterocycles. The van der Waals surface area contributed by atoms with Crippen LogP contribution < -0.4 is 9.62 Å².